The van der Waals surface area contributed by atoms with E-state index in [9.17, 15) is 18.0 Å². The number of alkyl halides is 3. The topological polar surface area (TPSA) is 53.4 Å². The van der Waals surface area contributed by atoms with Gasteiger partial charge in [0.2, 0.25) is 0 Å². The SMILES string of the molecule is Cc1nc(CN(C)C(CC(=O)O)C(F)(F)F)c(C)s1. The van der Waals surface area contributed by atoms with Crippen LogP contribution in [0.15, 0.2) is 0 Å². The lowest BCUT2D eigenvalue weighted by Gasteiger charge is -2.28. The first-order valence-electron chi connectivity index (χ1n) is 5.53. The summed E-state index contributed by atoms with van der Waals surface area (Å²) >= 11 is 1.41. The molecule has 1 atom stereocenters. The number of carbonyl (C=O) groups is 1. The maximum atomic E-state index is 12.8. The van der Waals surface area contributed by atoms with Crippen molar-refractivity contribution in [2.45, 2.75) is 39.0 Å². The smallest absolute Gasteiger partial charge is 0.404 e. The highest BCUT2D eigenvalue weighted by Crippen LogP contribution is 2.28. The molecule has 0 amide bonds. The normalized spacial score (nSPS) is 13.8. The number of halogens is 3. The maximum absolute atomic E-state index is 12.8. The molecule has 0 aliphatic carbocycles. The molecule has 0 aromatic carbocycles. The molecule has 108 valence electrons. The van der Waals surface area contributed by atoms with Gasteiger partial charge in [-0.05, 0) is 20.9 Å². The lowest BCUT2D eigenvalue weighted by Crippen LogP contribution is -2.44. The largest absolute Gasteiger partial charge is 0.481 e. The molecule has 1 aromatic rings. The third-order valence-electron chi connectivity index (χ3n) is 2.68. The van der Waals surface area contributed by atoms with Crippen molar-refractivity contribution in [3.63, 3.8) is 0 Å². The highest BCUT2D eigenvalue weighted by atomic mass is 32.1. The van der Waals surface area contributed by atoms with Crippen LogP contribution in [0.1, 0.15) is 22.0 Å². The first kappa shape index (κ1) is 15.9. The summed E-state index contributed by atoms with van der Waals surface area (Å²) < 4.78 is 38.4. The van der Waals surface area contributed by atoms with E-state index >= 15 is 0 Å². The van der Waals surface area contributed by atoms with E-state index in [1.165, 1.54) is 18.4 Å². The van der Waals surface area contributed by atoms with Gasteiger partial charge >= 0.3 is 12.1 Å². The minimum Gasteiger partial charge on any atom is -0.481 e. The van der Waals surface area contributed by atoms with Gasteiger partial charge in [-0.25, -0.2) is 4.98 Å². The van der Waals surface area contributed by atoms with Crippen LogP contribution < -0.4 is 0 Å². The van der Waals surface area contributed by atoms with Crippen molar-refractivity contribution in [3.8, 4) is 0 Å². The second-order valence-corrected chi connectivity index (χ2v) is 5.71. The molecule has 1 aromatic heterocycles. The van der Waals surface area contributed by atoms with Crippen molar-refractivity contribution < 1.29 is 23.1 Å². The van der Waals surface area contributed by atoms with Crippen molar-refractivity contribution in [1.82, 2.24) is 9.88 Å². The standard InChI is InChI=1S/C11H15F3N2O2S/c1-6-8(15-7(2)19-6)5-16(3)9(4-10(17)18)11(12,13)14/h9H,4-5H2,1-3H3,(H,17,18). The summed E-state index contributed by atoms with van der Waals surface area (Å²) in [5.74, 6) is -1.47. The van der Waals surface area contributed by atoms with Gasteiger partial charge in [-0.3, -0.25) is 9.69 Å². The number of thiazole rings is 1. The van der Waals surface area contributed by atoms with Crippen LogP contribution in [-0.4, -0.2) is 40.2 Å². The van der Waals surface area contributed by atoms with E-state index in [1.807, 2.05) is 0 Å². The van der Waals surface area contributed by atoms with Gasteiger partial charge in [-0.15, -0.1) is 11.3 Å². The highest BCUT2D eigenvalue weighted by molar-refractivity contribution is 7.11. The van der Waals surface area contributed by atoms with Crippen LogP contribution in [0.25, 0.3) is 0 Å². The third kappa shape index (κ3) is 4.46. The molecule has 1 N–H and O–H groups in total. The molecule has 0 saturated carbocycles. The highest BCUT2D eigenvalue weighted by Gasteiger charge is 2.43. The van der Waals surface area contributed by atoms with Gasteiger partial charge < -0.3 is 5.11 Å². The lowest BCUT2D eigenvalue weighted by molar-refractivity contribution is -0.188. The fraction of sp³-hybridized carbons (Fsp3) is 0.636. The number of aromatic nitrogens is 1. The van der Waals surface area contributed by atoms with Crippen molar-refractivity contribution in [3.05, 3.63) is 15.6 Å². The van der Waals surface area contributed by atoms with E-state index in [0.29, 0.717) is 5.69 Å². The van der Waals surface area contributed by atoms with Crippen molar-refractivity contribution in [2.75, 3.05) is 7.05 Å². The Morgan fingerprint density at radius 2 is 2.05 bits per heavy atom. The van der Waals surface area contributed by atoms with E-state index in [2.05, 4.69) is 4.98 Å². The van der Waals surface area contributed by atoms with Gasteiger partial charge in [0, 0.05) is 11.4 Å². The van der Waals surface area contributed by atoms with Gasteiger partial charge in [0.1, 0.15) is 6.04 Å². The molecule has 0 aliphatic rings. The van der Waals surface area contributed by atoms with E-state index in [4.69, 9.17) is 5.11 Å². The number of aliphatic carboxylic acids is 1. The van der Waals surface area contributed by atoms with Gasteiger partial charge in [-0.2, -0.15) is 13.2 Å². The van der Waals surface area contributed by atoms with E-state index < -0.39 is 24.6 Å². The number of hydrogen-bond acceptors (Lipinski definition) is 4. The molecule has 0 radical (unpaired) electrons. The first-order chi connectivity index (χ1) is 8.61. The zero-order chi connectivity index (χ0) is 14.8. The molecule has 0 fully saturated rings. The first-order valence-corrected chi connectivity index (χ1v) is 6.34. The molecule has 4 nitrogen and oxygen atoms in total. The number of rotatable bonds is 5. The molecule has 0 spiro atoms. The summed E-state index contributed by atoms with van der Waals surface area (Å²) in [7, 11) is 1.26. The zero-order valence-corrected chi connectivity index (χ0v) is 11.6. The molecular formula is C11H15F3N2O2S. The van der Waals surface area contributed by atoms with Gasteiger partial charge in [0.25, 0.3) is 0 Å². The predicted molar refractivity (Wildman–Crippen MR) is 65.2 cm³/mol. The number of carboxylic acids is 1. The Bertz CT molecular complexity index is 459. The fourth-order valence-corrected chi connectivity index (χ4v) is 2.58. The second kappa shape index (κ2) is 5.87. The van der Waals surface area contributed by atoms with Crippen LogP contribution in [0.3, 0.4) is 0 Å². The number of carboxylic acid groups (broad SMARTS) is 1. The van der Waals surface area contributed by atoms with E-state index in [1.54, 1.807) is 13.8 Å². The van der Waals surface area contributed by atoms with Crippen LogP contribution in [0.5, 0.6) is 0 Å². The van der Waals surface area contributed by atoms with E-state index in [0.717, 1.165) is 14.8 Å². The minimum atomic E-state index is -4.58. The summed E-state index contributed by atoms with van der Waals surface area (Å²) in [6.45, 7) is 3.54. The average Bonchev–Trinajstić information content (AvgIpc) is 2.52. The van der Waals surface area contributed by atoms with Crippen molar-refractivity contribution >= 4 is 17.3 Å². The van der Waals surface area contributed by atoms with Gasteiger partial charge in [-0.1, -0.05) is 0 Å². The Hall–Kier alpha value is -1.15. The lowest BCUT2D eigenvalue weighted by atomic mass is 10.1. The Kier molecular flexibility index (Phi) is 4.92. The number of hydrogen-bond donors (Lipinski definition) is 1. The Labute approximate surface area is 112 Å². The maximum Gasteiger partial charge on any atom is 0.404 e. The van der Waals surface area contributed by atoms with Crippen molar-refractivity contribution in [1.29, 1.82) is 0 Å². The van der Waals surface area contributed by atoms with Crippen molar-refractivity contribution in [2.24, 2.45) is 0 Å². The average molecular weight is 296 g/mol. The number of nitrogens with zero attached hydrogens (tertiary/aromatic N) is 2. The summed E-state index contributed by atoms with van der Waals surface area (Å²) in [6.07, 6.45) is -5.55. The molecule has 1 heterocycles. The molecule has 1 unspecified atom stereocenters. The number of aryl methyl sites for hydroxylation is 2. The van der Waals surface area contributed by atoms with Crippen LogP contribution in [0, 0.1) is 13.8 Å². The molecule has 0 aliphatic heterocycles. The summed E-state index contributed by atoms with van der Waals surface area (Å²) in [6, 6.07) is -2.01. The Balaban J connectivity index is 2.85. The van der Waals surface area contributed by atoms with Crippen LogP contribution in [0.4, 0.5) is 13.2 Å². The van der Waals surface area contributed by atoms with Gasteiger partial charge in [0.05, 0.1) is 17.1 Å². The Morgan fingerprint density at radius 1 is 1.47 bits per heavy atom. The van der Waals surface area contributed by atoms with Crippen LogP contribution >= 0.6 is 11.3 Å². The molecule has 0 bridgehead atoms. The molecular weight excluding hydrogens is 281 g/mol. The summed E-state index contributed by atoms with van der Waals surface area (Å²) in [5.41, 5.74) is 0.560. The molecule has 8 heteroatoms. The molecule has 1 rings (SSSR count). The van der Waals surface area contributed by atoms with Crippen LogP contribution in [-0.2, 0) is 11.3 Å². The fourth-order valence-electron chi connectivity index (χ4n) is 1.75. The van der Waals surface area contributed by atoms with Crippen LogP contribution in [0.2, 0.25) is 0 Å². The zero-order valence-electron chi connectivity index (χ0n) is 10.8. The predicted octanol–water partition coefficient (Wildman–Crippen LogP) is 2.60. The summed E-state index contributed by atoms with van der Waals surface area (Å²) in [5, 5.41) is 9.36. The quantitative estimate of drug-likeness (QED) is 0.907. The van der Waals surface area contributed by atoms with E-state index in [-0.39, 0.29) is 6.54 Å². The monoisotopic (exact) mass is 296 g/mol. The molecule has 19 heavy (non-hydrogen) atoms. The third-order valence-corrected chi connectivity index (χ3v) is 3.61. The molecule has 0 saturated heterocycles. The van der Waals surface area contributed by atoms with Gasteiger partial charge in [0.15, 0.2) is 0 Å². The Morgan fingerprint density at radius 3 is 2.42 bits per heavy atom. The second-order valence-electron chi connectivity index (χ2n) is 4.31. The summed E-state index contributed by atoms with van der Waals surface area (Å²) in [4.78, 5) is 16.5. The minimum absolute atomic E-state index is 0.0202.